The summed E-state index contributed by atoms with van der Waals surface area (Å²) in [6.45, 7) is 2.15. The predicted molar refractivity (Wildman–Crippen MR) is 88.5 cm³/mol. The Labute approximate surface area is 138 Å². The number of rotatable bonds is 7. The Morgan fingerprint density at radius 1 is 1.26 bits per heavy atom. The fraction of sp³-hybridized carbons (Fsp3) is 0.188. The van der Waals surface area contributed by atoms with E-state index in [0.29, 0.717) is 22.9 Å². The highest BCUT2D eigenvalue weighted by molar-refractivity contribution is 6.30. The Morgan fingerprint density at radius 2 is 1.96 bits per heavy atom. The molecule has 0 saturated carbocycles. The van der Waals surface area contributed by atoms with Crippen molar-refractivity contribution in [1.29, 1.82) is 0 Å². The molecule has 6 nitrogen and oxygen atoms in total. The largest absolute Gasteiger partial charge is 0.494 e. The number of carbonyl (C=O) groups is 1. The summed E-state index contributed by atoms with van der Waals surface area (Å²) in [5, 5.41) is 14.5. The van der Waals surface area contributed by atoms with Gasteiger partial charge in [-0.05, 0) is 43.3 Å². The second-order valence-electron chi connectivity index (χ2n) is 4.65. The normalized spacial score (nSPS) is 10.2. The van der Waals surface area contributed by atoms with Gasteiger partial charge >= 0.3 is 0 Å². The minimum atomic E-state index is -0.516. The number of halogens is 1. The van der Waals surface area contributed by atoms with Crippen molar-refractivity contribution in [2.45, 2.75) is 6.92 Å². The molecule has 0 aromatic heterocycles. The maximum atomic E-state index is 12.1. The van der Waals surface area contributed by atoms with E-state index >= 15 is 0 Å². The van der Waals surface area contributed by atoms with E-state index in [0.717, 1.165) is 0 Å². The second kappa shape index (κ2) is 7.60. The maximum absolute atomic E-state index is 12.1. The number of benzene rings is 2. The van der Waals surface area contributed by atoms with Gasteiger partial charge in [-0.15, -0.1) is 0 Å². The van der Waals surface area contributed by atoms with E-state index in [1.807, 2.05) is 0 Å². The van der Waals surface area contributed by atoms with E-state index in [1.165, 1.54) is 12.1 Å². The lowest BCUT2D eigenvalue weighted by molar-refractivity contribution is -0.384. The van der Waals surface area contributed by atoms with Gasteiger partial charge < -0.3 is 10.1 Å². The molecular formula is C16H15ClN2O4. The number of nitro groups is 1. The van der Waals surface area contributed by atoms with Gasteiger partial charge in [0.1, 0.15) is 11.4 Å². The molecule has 0 saturated heterocycles. The van der Waals surface area contributed by atoms with Gasteiger partial charge in [0.05, 0.1) is 24.1 Å². The van der Waals surface area contributed by atoms with Crippen LogP contribution in [0.3, 0.4) is 0 Å². The van der Waals surface area contributed by atoms with E-state index in [4.69, 9.17) is 16.3 Å². The summed E-state index contributed by atoms with van der Waals surface area (Å²) in [6, 6.07) is 10.9. The smallest absolute Gasteiger partial charge is 0.296 e. The van der Waals surface area contributed by atoms with Crippen LogP contribution in [0.5, 0.6) is 5.75 Å². The number of ether oxygens (including phenoxy) is 1. The van der Waals surface area contributed by atoms with Gasteiger partial charge in [-0.25, -0.2) is 0 Å². The summed E-state index contributed by atoms with van der Waals surface area (Å²) in [7, 11) is 0. The molecule has 0 aliphatic carbocycles. The van der Waals surface area contributed by atoms with Crippen LogP contribution in [0.2, 0.25) is 5.02 Å². The Bertz CT molecular complexity index is 717. The zero-order valence-electron chi connectivity index (χ0n) is 12.4. The highest BCUT2D eigenvalue weighted by atomic mass is 35.5. The first kappa shape index (κ1) is 16.8. The summed E-state index contributed by atoms with van der Waals surface area (Å²) in [6.07, 6.45) is 0. The first-order chi connectivity index (χ1) is 11.0. The number of ketones is 1. The third-order valence-corrected chi connectivity index (χ3v) is 3.33. The number of Topliss-reactive ketones (excluding diaryl/α,β-unsaturated/α-hetero) is 1. The van der Waals surface area contributed by atoms with Crippen LogP contribution in [-0.4, -0.2) is 23.9 Å². The quantitative estimate of drug-likeness (QED) is 0.471. The van der Waals surface area contributed by atoms with Gasteiger partial charge in [0.2, 0.25) is 0 Å². The van der Waals surface area contributed by atoms with E-state index in [9.17, 15) is 14.9 Å². The molecule has 7 heteroatoms. The fourth-order valence-electron chi connectivity index (χ4n) is 1.98. The summed E-state index contributed by atoms with van der Waals surface area (Å²) in [5.74, 6) is 0.221. The summed E-state index contributed by atoms with van der Waals surface area (Å²) >= 11 is 5.77. The lowest BCUT2D eigenvalue weighted by Crippen LogP contribution is -2.14. The molecule has 2 aromatic rings. The van der Waals surface area contributed by atoms with Crippen LogP contribution in [0.25, 0.3) is 0 Å². The first-order valence-corrected chi connectivity index (χ1v) is 7.33. The van der Waals surface area contributed by atoms with E-state index in [2.05, 4.69) is 5.32 Å². The second-order valence-corrected chi connectivity index (χ2v) is 5.09. The molecule has 23 heavy (non-hydrogen) atoms. The standard InChI is InChI=1S/C16H15ClN2O4/c1-2-23-13-7-8-14(15(9-13)19(21)22)18-10-16(20)11-3-5-12(17)6-4-11/h3-9,18H,2,10H2,1H3. The monoisotopic (exact) mass is 334 g/mol. The Morgan fingerprint density at radius 3 is 2.57 bits per heavy atom. The molecule has 0 amide bonds. The topological polar surface area (TPSA) is 81.5 Å². The lowest BCUT2D eigenvalue weighted by Gasteiger charge is -2.09. The number of hydrogen-bond donors (Lipinski definition) is 1. The minimum absolute atomic E-state index is 0.0591. The van der Waals surface area contributed by atoms with Gasteiger partial charge in [-0.3, -0.25) is 14.9 Å². The molecule has 0 aliphatic rings. The van der Waals surface area contributed by atoms with Crippen molar-refractivity contribution in [3.8, 4) is 5.75 Å². The average molecular weight is 335 g/mol. The van der Waals surface area contributed by atoms with Crippen LogP contribution in [0.4, 0.5) is 11.4 Å². The van der Waals surface area contributed by atoms with Gasteiger partial charge in [0.25, 0.3) is 5.69 Å². The van der Waals surface area contributed by atoms with Crippen LogP contribution >= 0.6 is 11.6 Å². The van der Waals surface area contributed by atoms with Gasteiger partial charge in [0.15, 0.2) is 5.78 Å². The predicted octanol–water partition coefficient (Wildman–Crippen LogP) is 3.94. The minimum Gasteiger partial charge on any atom is -0.494 e. The van der Waals surface area contributed by atoms with Crippen molar-refractivity contribution in [1.82, 2.24) is 0 Å². The van der Waals surface area contributed by atoms with Crippen molar-refractivity contribution < 1.29 is 14.5 Å². The molecule has 0 radical (unpaired) electrons. The molecule has 0 aliphatic heterocycles. The summed E-state index contributed by atoms with van der Waals surface area (Å²) in [5.41, 5.74) is 0.608. The SMILES string of the molecule is CCOc1ccc(NCC(=O)c2ccc(Cl)cc2)c([N+](=O)[O-])c1. The lowest BCUT2D eigenvalue weighted by atomic mass is 10.1. The number of anilines is 1. The molecule has 0 fully saturated rings. The molecule has 1 N–H and O–H groups in total. The molecule has 0 spiro atoms. The number of hydrogen-bond acceptors (Lipinski definition) is 5. The third kappa shape index (κ3) is 4.43. The zero-order valence-corrected chi connectivity index (χ0v) is 13.2. The molecule has 0 unspecified atom stereocenters. The van der Waals surface area contributed by atoms with Crippen molar-refractivity contribution in [2.24, 2.45) is 0 Å². The maximum Gasteiger partial charge on any atom is 0.296 e. The van der Waals surface area contributed by atoms with Crippen molar-refractivity contribution >= 4 is 28.8 Å². The van der Waals surface area contributed by atoms with Gasteiger partial charge in [-0.1, -0.05) is 11.6 Å². The number of nitrogens with one attached hydrogen (secondary N) is 1. The van der Waals surface area contributed by atoms with Crippen LogP contribution < -0.4 is 10.1 Å². The number of nitro benzene ring substituents is 1. The van der Waals surface area contributed by atoms with Crippen LogP contribution in [0, 0.1) is 10.1 Å². The van der Waals surface area contributed by atoms with Crippen molar-refractivity contribution in [3.05, 3.63) is 63.2 Å². The molecule has 0 bridgehead atoms. The van der Waals surface area contributed by atoms with E-state index < -0.39 is 4.92 Å². The van der Waals surface area contributed by atoms with Gasteiger partial charge in [-0.2, -0.15) is 0 Å². The van der Waals surface area contributed by atoms with Gasteiger partial charge in [0, 0.05) is 10.6 Å². The Kier molecular flexibility index (Phi) is 5.54. The summed E-state index contributed by atoms with van der Waals surface area (Å²) in [4.78, 5) is 22.7. The number of carbonyl (C=O) groups excluding carboxylic acids is 1. The zero-order chi connectivity index (χ0) is 16.8. The highest BCUT2D eigenvalue weighted by Gasteiger charge is 2.16. The molecular weight excluding hydrogens is 320 g/mol. The fourth-order valence-corrected chi connectivity index (χ4v) is 2.11. The van der Waals surface area contributed by atoms with E-state index in [-0.39, 0.29) is 23.7 Å². The number of nitrogens with zero attached hydrogens (tertiary/aromatic N) is 1. The molecule has 2 aromatic carbocycles. The molecule has 0 atom stereocenters. The third-order valence-electron chi connectivity index (χ3n) is 3.08. The van der Waals surface area contributed by atoms with Crippen molar-refractivity contribution in [2.75, 3.05) is 18.5 Å². The van der Waals surface area contributed by atoms with Crippen LogP contribution in [0.15, 0.2) is 42.5 Å². The summed E-state index contributed by atoms with van der Waals surface area (Å²) < 4.78 is 5.25. The molecule has 0 heterocycles. The van der Waals surface area contributed by atoms with E-state index in [1.54, 1.807) is 37.3 Å². The van der Waals surface area contributed by atoms with Crippen LogP contribution in [-0.2, 0) is 0 Å². The average Bonchev–Trinajstić information content (AvgIpc) is 2.54. The first-order valence-electron chi connectivity index (χ1n) is 6.95. The van der Waals surface area contributed by atoms with Crippen molar-refractivity contribution in [3.63, 3.8) is 0 Å². The Balaban J connectivity index is 2.11. The highest BCUT2D eigenvalue weighted by Crippen LogP contribution is 2.29. The molecule has 120 valence electrons. The molecule has 2 rings (SSSR count). The van der Waals surface area contributed by atoms with Crippen LogP contribution in [0.1, 0.15) is 17.3 Å². The Hall–Kier alpha value is -2.60.